The molecule has 0 aliphatic heterocycles. The highest BCUT2D eigenvalue weighted by molar-refractivity contribution is 7.89. The Bertz CT molecular complexity index is 1240. The molecule has 0 radical (unpaired) electrons. The van der Waals surface area contributed by atoms with E-state index in [0.717, 1.165) is 16.7 Å². The summed E-state index contributed by atoms with van der Waals surface area (Å²) in [7, 11) is -3.90. The van der Waals surface area contributed by atoms with Crippen molar-refractivity contribution in [3.05, 3.63) is 95.1 Å². The van der Waals surface area contributed by atoms with Crippen molar-refractivity contribution >= 4 is 27.6 Å². The van der Waals surface area contributed by atoms with Gasteiger partial charge in [0.05, 0.1) is 4.90 Å². The highest BCUT2D eigenvalue weighted by atomic mass is 32.2. The molecule has 0 fully saturated rings. The second-order valence-corrected chi connectivity index (χ2v) is 9.49. The molecular formula is C25H26N2O5S. The number of sulfonamides is 1. The SMILES string of the molecule is Cc1ccc(S(=O)(=O)NCC(=O)O[C@H](C(=O)Nc2cc(C)ccc2C)c2ccccc2)cc1. The predicted octanol–water partition coefficient (Wildman–Crippen LogP) is 3.81. The zero-order valence-electron chi connectivity index (χ0n) is 18.7. The topological polar surface area (TPSA) is 102 Å². The Kier molecular flexibility index (Phi) is 7.63. The summed E-state index contributed by atoms with van der Waals surface area (Å²) in [6.45, 7) is 4.99. The summed E-state index contributed by atoms with van der Waals surface area (Å²) < 4.78 is 32.5. The molecule has 172 valence electrons. The van der Waals surface area contributed by atoms with Crippen LogP contribution in [-0.4, -0.2) is 26.8 Å². The summed E-state index contributed by atoms with van der Waals surface area (Å²) >= 11 is 0. The maximum Gasteiger partial charge on any atom is 0.322 e. The molecule has 0 aromatic heterocycles. The third-order valence-electron chi connectivity index (χ3n) is 4.98. The molecule has 0 aliphatic rings. The number of esters is 1. The highest BCUT2D eigenvalue weighted by Gasteiger charge is 2.26. The van der Waals surface area contributed by atoms with Gasteiger partial charge in [0.25, 0.3) is 5.91 Å². The van der Waals surface area contributed by atoms with Crippen LogP contribution in [0.4, 0.5) is 5.69 Å². The molecule has 3 aromatic carbocycles. The fourth-order valence-corrected chi connectivity index (χ4v) is 4.07. The van der Waals surface area contributed by atoms with Crippen LogP contribution in [0, 0.1) is 20.8 Å². The molecule has 0 bridgehead atoms. The first-order valence-corrected chi connectivity index (χ1v) is 11.8. The van der Waals surface area contributed by atoms with E-state index in [2.05, 4.69) is 10.0 Å². The maximum absolute atomic E-state index is 13.0. The number of amides is 1. The van der Waals surface area contributed by atoms with Crippen molar-refractivity contribution < 1.29 is 22.7 Å². The van der Waals surface area contributed by atoms with E-state index < -0.39 is 34.5 Å². The van der Waals surface area contributed by atoms with Gasteiger partial charge in [-0.1, -0.05) is 60.2 Å². The monoisotopic (exact) mass is 466 g/mol. The van der Waals surface area contributed by atoms with Crippen LogP contribution in [0.15, 0.2) is 77.7 Å². The average Bonchev–Trinajstić information content (AvgIpc) is 2.79. The molecule has 8 heteroatoms. The molecule has 3 rings (SSSR count). The van der Waals surface area contributed by atoms with Gasteiger partial charge in [-0.3, -0.25) is 9.59 Å². The summed E-state index contributed by atoms with van der Waals surface area (Å²) in [6, 6.07) is 20.4. The van der Waals surface area contributed by atoms with Gasteiger partial charge in [-0.25, -0.2) is 8.42 Å². The summed E-state index contributed by atoms with van der Waals surface area (Å²) in [5, 5.41) is 2.80. The normalized spacial score (nSPS) is 12.1. The lowest BCUT2D eigenvalue weighted by Crippen LogP contribution is -2.33. The van der Waals surface area contributed by atoms with Gasteiger partial charge in [-0.2, -0.15) is 4.72 Å². The van der Waals surface area contributed by atoms with E-state index in [1.807, 2.05) is 39.0 Å². The van der Waals surface area contributed by atoms with Crippen molar-refractivity contribution in [2.24, 2.45) is 0 Å². The van der Waals surface area contributed by atoms with Crippen LogP contribution in [-0.2, 0) is 24.3 Å². The number of carbonyl (C=O) groups is 2. The largest absolute Gasteiger partial charge is 0.446 e. The minimum atomic E-state index is -3.90. The van der Waals surface area contributed by atoms with E-state index in [-0.39, 0.29) is 4.90 Å². The summed E-state index contributed by atoms with van der Waals surface area (Å²) in [5.41, 5.74) is 3.81. The third-order valence-corrected chi connectivity index (χ3v) is 6.40. The van der Waals surface area contributed by atoms with Gasteiger partial charge in [0.2, 0.25) is 16.1 Å². The summed E-state index contributed by atoms with van der Waals surface area (Å²) in [6.07, 6.45) is -1.25. The Hall–Kier alpha value is -3.49. The number of hydrogen-bond acceptors (Lipinski definition) is 5. The predicted molar refractivity (Wildman–Crippen MR) is 126 cm³/mol. The Balaban J connectivity index is 1.73. The molecule has 1 atom stereocenters. The lowest BCUT2D eigenvalue weighted by molar-refractivity contribution is -0.153. The Morgan fingerprint density at radius 3 is 2.18 bits per heavy atom. The maximum atomic E-state index is 13.0. The van der Waals surface area contributed by atoms with Gasteiger partial charge in [0.15, 0.2) is 0 Å². The quantitative estimate of drug-likeness (QED) is 0.492. The first-order chi connectivity index (χ1) is 15.7. The number of ether oxygens (including phenoxy) is 1. The van der Waals surface area contributed by atoms with Gasteiger partial charge >= 0.3 is 5.97 Å². The van der Waals surface area contributed by atoms with E-state index in [4.69, 9.17) is 4.74 Å². The van der Waals surface area contributed by atoms with Gasteiger partial charge < -0.3 is 10.1 Å². The second-order valence-electron chi connectivity index (χ2n) is 7.73. The number of nitrogens with one attached hydrogen (secondary N) is 2. The number of anilines is 1. The molecule has 0 heterocycles. The van der Waals surface area contributed by atoms with Crippen molar-refractivity contribution in [1.82, 2.24) is 4.72 Å². The lowest BCUT2D eigenvalue weighted by Gasteiger charge is -2.19. The Morgan fingerprint density at radius 2 is 1.52 bits per heavy atom. The van der Waals surface area contributed by atoms with Gasteiger partial charge in [-0.05, 0) is 50.1 Å². The zero-order chi connectivity index (χ0) is 24.0. The molecular weight excluding hydrogens is 440 g/mol. The summed E-state index contributed by atoms with van der Waals surface area (Å²) in [5.74, 6) is -1.42. The first kappa shape index (κ1) is 24.2. The standard InChI is InChI=1S/C25H26N2O5S/c1-17-10-13-21(14-11-17)33(30,31)26-16-23(28)32-24(20-7-5-4-6-8-20)25(29)27-22-15-18(2)9-12-19(22)3/h4-15,24,26H,16H2,1-3H3,(H,27,29)/t24-/m0/s1. The Labute approximate surface area is 193 Å². The van der Waals surface area contributed by atoms with Crippen molar-refractivity contribution in [3.63, 3.8) is 0 Å². The fourth-order valence-electron chi connectivity index (χ4n) is 3.10. The molecule has 0 aliphatic carbocycles. The van der Waals surface area contributed by atoms with Crippen LogP contribution >= 0.6 is 0 Å². The van der Waals surface area contributed by atoms with E-state index >= 15 is 0 Å². The summed E-state index contributed by atoms with van der Waals surface area (Å²) in [4.78, 5) is 25.6. The molecule has 0 unspecified atom stereocenters. The smallest absolute Gasteiger partial charge is 0.322 e. The molecule has 0 saturated carbocycles. The molecule has 0 saturated heterocycles. The van der Waals surface area contributed by atoms with Gasteiger partial charge in [0.1, 0.15) is 6.54 Å². The first-order valence-electron chi connectivity index (χ1n) is 10.3. The van der Waals surface area contributed by atoms with Crippen LogP contribution in [0.25, 0.3) is 0 Å². The number of benzene rings is 3. The third kappa shape index (κ3) is 6.50. The van der Waals surface area contributed by atoms with Crippen LogP contribution in [0.1, 0.15) is 28.4 Å². The Morgan fingerprint density at radius 1 is 0.879 bits per heavy atom. The average molecular weight is 467 g/mol. The van der Waals surface area contributed by atoms with Crippen LogP contribution in [0.3, 0.4) is 0 Å². The molecule has 1 amide bonds. The fraction of sp³-hybridized carbons (Fsp3) is 0.200. The molecule has 0 spiro atoms. The number of hydrogen-bond donors (Lipinski definition) is 2. The highest BCUT2D eigenvalue weighted by Crippen LogP contribution is 2.23. The zero-order valence-corrected chi connectivity index (χ0v) is 19.5. The van der Waals surface area contributed by atoms with Crippen molar-refractivity contribution in [3.8, 4) is 0 Å². The second kappa shape index (κ2) is 10.4. The molecule has 2 N–H and O–H groups in total. The van der Waals surface area contributed by atoms with E-state index in [9.17, 15) is 18.0 Å². The van der Waals surface area contributed by atoms with Crippen molar-refractivity contribution in [2.45, 2.75) is 31.8 Å². The van der Waals surface area contributed by atoms with E-state index in [1.54, 1.807) is 42.5 Å². The van der Waals surface area contributed by atoms with Gasteiger partial charge in [-0.15, -0.1) is 0 Å². The lowest BCUT2D eigenvalue weighted by atomic mass is 10.1. The molecule has 3 aromatic rings. The number of aryl methyl sites for hydroxylation is 3. The van der Waals surface area contributed by atoms with E-state index in [1.165, 1.54) is 12.1 Å². The van der Waals surface area contributed by atoms with E-state index in [0.29, 0.717) is 11.3 Å². The number of rotatable bonds is 8. The number of carbonyl (C=O) groups excluding carboxylic acids is 2. The van der Waals surface area contributed by atoms with Crippen LogP contribution in [0.5, 0.6) is 0 Å². The van der Waals surface area contributed by atoms with Crippen molar-refractivity contribution in [2.75, 3.05) is 11.9 Å². The van der Waals surface area contributed by atoms with Gasteiger partial charge in [0, 0.05) is 11.3 Å². The minimum absolute atomic E-state index is 0.0353. The molecule has 33 heavy (non-hydrogen) atoms. The molecule has 7 nitrogen and oxygen atoms in total. The van der Waals surface area contributed by atoms with Crippen LogP contribution in [0.2, 0.25) is 0 Å². The van der Waals surface area contributed by atoms with Crippen LogP contribution < -0.4 is 10.0 Å². The minimum Gasteiger partial charge on any atom is -0.446 e. The van der Waals surface area contributed by atoms with Crippen molar-refractivity contribution in [1.29, 1.82) is 0 Å².